The summed E-state index contributed by atoms with van der Waals surface area (Å²) in [7, 11) is 0. The fourth-order valence-corrected chi connectivity index (χ4v) is 2.12. The molecule has 0 amide bonds. The third kappa shape index (κ3) is 1.92. The molecule has 0 aromatic heterocycles. The van der Waals surface area contributed by atoms with Crippen molar-refractivity contribution < 1.29 is 19.0 Å². The van der Waals surface area contributed by atoms with E-state index >= 15 is 0 Å². The monoisotopic (exact) mass is 248 g/mol. The molecule has 2 aliphatic rings. The standard InChI is InChI=1S/C14H16O4/c1-14(2)17-11-8-4-7-10(12(11)13(15)18-14)16-9-5-3-6-9/h4,7-9H,3,5-6H2,1-2H3. The molecule has 0 radical (unpaired) electrons. The van der Waals surface area contributed by atoms with Gasteiger partial charge >= 0.3 is 5.97 Å². The van der Waals surface area contributed by atoms with E-state index in [1.807, 2.05) is 6.07 Å². The summed E-state index contributed by atoms with van der Waals surface area (Å²) in [4.78, 5) is 12.0. The van der Waals surface area contributed by atoms with Crippen LogP contribution >= 0.6 is 0 Å². The molecule has 1 fully saturated rings. The van der Waals surface area contributed by atoms with Crippen LogP contribution in [-0.4, -0.2) is 17.9 Å². The Hall–Kier alpha value is -1.71. The number of benzene rings is 1. The third-order valence-corrected chi connectivity index (χ3v) is 3.23. The predicted molar refractivity (Wildman–Crippen MR) is 64.8 cm³/mol. The molecular formula is C14H16O4. The number of ether oxygens (including phenoxy) is 3. The number of rotatable bonds is 2. The van der Waals surface area contributed by atoms with Gasteiger partial charge in [0.05, 0.1) is 6.10 Å². The molecule has 0 atom stereocenters. The fraction of sp³-hybridized carbons (Fsp3) is 0.500. The molecular weight excluding hydrogens is 232 g/mol. The number of fused-ring (bicyclic) bond motifs is 1. The molecule has 1 aliphatic carbocycles. The molecule has 1 aliphatic heterocycles. The third-order valence-electron chi connectivity index (χ3n) is 3.23. The zero-order valence-corrected chi connectivity index (χ0v) is 10.6. The van der Waals surface area contributed by atoms with Crippen molar-refractivity contribution in [3.8, 4) is 11.5 Å². The molecule has 0 N–H and O–H groups in total. The lowest BCUT2D eigenvalue weighted by atomic mass is 9.96. The van der Waals surface area contributed by atoms with E-state index in [-0.39, 0.29) is 12.1 Å². The van der Waals surface area contributed by atoms with Crippen LogP contribution in [0.25, 0.3) is 0 Å². The van der Waals surface area contributed by atoms with Crippen molar-refractivity contribution in [1.29, 1.82) is 0 Å². The Labute approximate surface area is 106 Å². The summed E-state index contributed by atoms with van der Waals surface area (Å²) in [5, 5.41) is 0. The summed E-state index contributed by atoms with van der Waals surface area (Å²) in [5.41, 5.74) is 0.406. The van der Waals surface area contributed by atoms with Crippen LogP contribution in [0.15, 0.2) is 18.2 Å². The Kier molecular flexibility index (Phi) is 2.47. The van der Waals surface area contributed by atoms with Gasteiger partial charge in [-0.05, 0) is 31.4 Å². The molecule has 0 saturated heterocycles. The Morgan fingerprint density at radius 1 is 1.28 bits per heavy atom. The number of esters is 1. The average Bonchev–Trinajstić information content (AvgIpc) is 2.21. The zero-order valence-electron chi connectivity index (χ0n) is 10.6. The van der Waals surface area contributed by atoms with Gasteiger partial charge in [0, 0.05) is 13.8 Å². The zero-order chi connectivity index (χ0) is 12.8. The van der Waals surface area contributed by atoms with Crippen LogP contribution in [0.1, 0.15) is 43.5 Å². The highest BCUT2D eigenvalue weighted by molar-refractivity contribution is 5.96. The molecule has 3 rings (SSSR count). The average molecular weight is 248 g/mol. The van der Waals surface area contributed by atoms with E-state index in [9.17, 15) is 4.79 Å². The van der Waals surface area contributed by atoms with Crippen LogP contribution in [0, 0.1) is 0 Å². The van der Waals surface area contributed by atoms with E-state index in [0.29, 0.717) is 17.1 Å². The van der Waals surface area contributed by atoms with E-state index in [1.165, 1.54) is 6.42 Å². The van der Waals surface area contributed by atoms with E-state index in [4.69, 9.17) is 14.2 Å². The van der Waals surface area contributed by atoms with Gasteiger partial charge in [-0.2, -0.15) is 0 Å². The SMILES string of the molecule is CC1(C)OC(=O)c2c(OC3CCC3)cccc2O1. The second kappa shape index (κ2) is 3.90. The van der Waals surface area contributed by atoms with Gasteiger partial charge in [0.25, 0.3) is 0 Å². The van der Waals surface area contributed by atoms with Crippen LogP contribution in [0.3, 0.4) is 0 Å². The molecule has 1 aromatic rings. The number of hydrogen-bond acceptors (Lipinski definition) is 4. The molecule has 0 unspecified atom stereocenters. The summed E-state index contributed by atoms with van der Waals surface area (Å²) >= 11 is 0. The summed E-state index contributed by atoms with van der Waals surface area (Å²) in [6.07, 6.45) is 3.50. The Morgan fingerprint density at radius 3 is 2.72 bits per heavy atom. The molecule has 96 valence electrons. The minimum Gasteiger partial charge on any atom is -0.489 e. The Balaban J connectivity index is 1.95. The maximum absolute atomic E-state index is 12.0. The van der Waals surface area contributed by atoms with Gasteiger partial charge in [0.1, 0.15) is 17.1 Å². The first-order chi connectivity index (χ1) is 8.55. The van der Waals surface area contributed by atoms with Crippen molar-refractivity contribution in [1.82, 2.24) is 0 Å². The van der Waals surface area contributed by atoms with Gasteiger partial charge < -0.3 is 14.2 Å². The van der Waals surface area contributed by atoms with Crippen molar-refractivity contribution >= 4 is 5.97 Å². The maximum atomic E-state index is 12.0. The highest BCUT2D eigenvalue weighted by Crippen LogP contribution is 2.38. The molecule has 1 saturated carbocycles. The quantitative estimate of drug-likeness (QED) is 0.755. The largest absolute Gasteiger partial charge is 0.489 e. The highest BCUT2D eigenvalue weighted by atomic mass is 16.7. The lowest BCUT2D eigenvalue weighted by molar-refractivity contribution is -0.127. The summed E-state index contributed by atoms with van der Waals surface area (Å²) in [6.45, 7) is 3.43. The van der Waals surface area contributed by atoms with Crippen molar-refractivity contribution in [2.75, 3.05) is 0 Å². The topological polar surface area (TPSA) is 44.8 Å². The first-order valence-electron chi connectivity index (χ1n) is 6.27. The van der Waals surface area contributed by atoms with Gasteiger partial charge in [-0.3, -0.25) is 0 Å². The van der Waals surface area contributed by atoms with Gasteiger partial charge in [-0.1, -0.05) is 6.07 Å². The smallest absolute Gasteiger partial charge is 0.349 e. The molecule has 1 heterocycles. The van der Waals surface area contributed by atoms with Crippen LogP contribution < -0.4 is 9.47 Å². The van der Waals surface area contributed by atoms with Crippen molar-refractivity contribution in [2.45, 2.75) is 45.0 Å². The number of carbonyl (C=O) groups is 1. The van der Waals surface area contributed by atoms with Crippen molar-refractivity contribution in [3.05, 3.63) is 23.8 Å². The second-order valence-corrected chi connectivity index (χ2v) is 5.19. The van der Waals surface area contributed by atoms with Gasteiger partial charge in [-0.25, -0.2) is 4.79 Å². The highest BCUT2D eigenvalue weighted by Gasteiger charge is 2.36. The second-order valence-electron chi connectivity index (χ2n) is 5.19. The lowest BCUT2D eigenvalue weighted by Gasteiger charge is -2.33. The minimum absolute atomic E-state index is 0.222. The lowest BCUT2D eigenvalue weighted by Crippen LogP contribution is -2.39. The van der Waals surface area contributed by atoms with E-state index in [2.05, 4.69) is 0 Å². The summed E-state index contributed by atoms with van der Waals surface area (Å²) < 4.78 is 16.7. The normalized spacial score (nSPS) is 21.3. The maximum Gasteiger partial charge on any atom is 0.349 e. The predicted octanol–water partition coefficient (Wildman–Crippen LogP) is 2.90. The molecule has 4 nitrogen and oxygen atoms in total. The summed E-state index contributed by atoms with van der Waals surface area (Å²) in [5.74, 6) is -0.193. The first kappa shape index (κ1) is 11.4. The van der Waals surface area contributed by atoms with Crippen molar-refractivity contribution in [2.24, 2.45) is 0 Å². The van der Waals surface area contributed by atoms with Gasteiger partial charge in [0.15, 0.2) is 0 Å². The van der Waals surface area contributed by atoms with E-state index in [1.54, 1.807) is 26.0 Å². The molecule has 0 spiro atoms. The van der Waals surface area contributed by atoms with Crippen LogP contribution in [0.2, 0.25) is 0 Å². The van der Waals surface area contributed by atoms with E-state index in [0.717, 1.165) is 12.8 Å². The van der Waals surface area contributed by atoms with Crippen LogP contribution in [-0.2, 0) is 4.74 Å². The molecule has 0 bridgehead atoms. The molecule has 1 aromatic carbocycles. The van der Waals surface area contributed by atoms with Crippen LogP contribution in [0.5, 0.6) is 11.5 Å². The summed E-state index contributed by atoms with van der Waals surface area (Å²) in [6, 6.07) is 5.40. The van der Waals surface area contributed by atoms with E-state index < -0.39 is 5.79 Å². The molecule has 4 heteroatoms. The van der Waals surface area contributed by atoms with Gasteiger partial charge in [0.2, 0.25) is 5.79 Å². The number of cyclic esters (lactones) is 1. The van der Waals surface area contributed by atoms with Crippen molar-refractivity contribution in [3.63, 3.8) is 0 Å². The van der Waals surface area contributed by atoms with Gasteiger partial charge in [-0.15, -0.1) is 0 Å². The number of hydrogen-bond donors (Lipinski definition) is 0. The number of carbonyl (C=O) groups excluding carboxylic acids is 1. The Bertz CT molecular complexity index is 489. The first-order valence-corrected chi connectivity index (χ1v) is 6.27. The molecule has 18 heavy (non-hydrogen) atoms. The van der Waals surface area contributed by atoms with Crippen LogP contribution in [0.4, 0.5) is 0 Å². The Morgan fingerprint density at radius 2 is 2.06 bits per heavy atom. The minimum atomic E-state index is -0.917. The fourth-order valence-electron chi connectivity index (χ4n) is 2.12.